The number of nitrogens with zero attached hydrogens (tertiary/aromatic N) is 3. The van der Waals surface area contributed by atoms with Gasteiger partial charge in [0.05, 0.1) is 47.8 Å². The van der Waals surface area contributed by atoms with Crippen molar-refractivity contribution in [2.75, 3.05) is 26.1 Å². The summed E-state index contributed by atoms with van der Waals surface area (Å²) in [6.45, 7) is 5.91. The minimum absolute atomic E-state index is 0.0337. The molecule has 1 aliphatic rings. The van der Waals surface area contributed by atoms with Gasteiger partial charge in [-0.2, -0.15) is 0 Å². The Kier molecular flexibility index (Phi) is 10.9. The molecule has 5 rings (SSSR count). The Hall–Kier alpha value is -4.87. The summed E-state index contributed by atoms with van der Waals surface area (Å²) < 4.78 is 16.9. The molecule has 2 aromatic carbocycles. The van der Waals surface area contributed by atoms with Crippen molar-refractivity contribution >= 4 is 53.0 Å². The molecule has 4 aromatic rings. The number of carbonyl (C=O) groups excluding carboxylic acids is 3. The van der Waals surface area contributed by atoms with E-state index in [9.17, 15) is 14.4 Å². The van der Waals surface area contributed by atoms with Gasteiger partial charge in [0, 0.05) is 53.7 Å². The maximum Gasteiger partial charge on any atom is 0.410 e. The van der Waals surface area contributed by atoms with Crippen LogP contribution in [0, 0.1) is 0 Å². The lowest BCUT2D eigenvalue weighted by atomic mass is 10.0. The van der Waals surface area contributed by atoms with Gasteiger partial charge in [-0.15, -0.1) is 0 Å². The van der Waals surface area contributed by atoms with Gasteiger partial charge in [-0.05, 0) is 51.5 Å². The largest absolute Gasteiger partial charge is 0.496 e. The van der Waals surface area contributed by atoms with Gasteiger partial charge in [-0.1, -0.05) is 47.5 Å². The number of rotatable bonds is 11. The molecule has 49 heavy (non-hydrogen) atoms. The summed E-state index contributed by atoms with van der Waals surface area (Å²) in [7, 11) is 3.01. The molecule has 2 aromatic heterocycles. The fourth-order valence-corrected chi connectivity index (χ4v) is 6.11. The lowest BCUT2D eigenvalue weighted by Crippen LogP contribution is -2.43. The van der Waals surface area contributed by atoms with Crippen molar-refractivity contribution in [1.29, 1.82) is 0 Å². The third-order valence-electron chi connectivity index (χ3n) is 7.80. The molecule has 0 saturated carbocycles. The molecule has 1 atom stereocenters. The summed E-state index contributed by atoms with van der Waals surface area (Å²) in [5.74, 6) is 1.11. The monoisotopic (exact) mass is 705 g/mol. The summed E-state index contributed by atoms with van der Waals surface area (Å²) in [6.07, 6.45) is 4.41. The van der Waals surface area contributed by atoms with Crippen LogP contribution in [0.3, 0.4) is 0 Å². The topological polar surface area (TPSA) is 132 Å². The molecule has 2 N–H and O–H groups in total. The molecule has 0 aliphatic carbocycles. The Labute approximate surface area is 294 Å². The summed E-state index contributed by atoms with van der Waals surface area (Å²) in [5.41, 5.74) is 3.37. The van der Waals surface area contributed by atoms with Crippen molar-refractivity contribution in [3.8, 4) is 33.9 Å². The summed E-state index contributed by atoms with van der Waals surface area (Å²) in [6, 6.07) is 14.1. The molecule has 1 saturated heterocycles. The number of amides is 2. The zero-order chi connectivity index (χ0) is 35.3. The number of nitrogens with one attached hydrogen (secondary N) is 2. The van der Waals surface area contributed by atoms with Crippen LogP contribution in [0.2, 0.25) is 10.0 Å². The van der Waals surface area contributed by atoms with E-state index in [1.165, 1.54) is 13.3 Å². The molecule has 3 heterocycles. The van der Waals surface area contributed by atoms with Crippen molar-refractivity contribution < 1.29 is 28.6 Å². The first-order chi connectivity index (χ1) is 23.4. The van der Waals surface area contributed by atoms with Crippen LogP contribution in [-0.2, 0) is 16.1 Å². The van der Waals surface area contributed by atoms with Gasteiger partial charge in [0.25, 0.3) is 0 Å². The summed E-state index contributed by atoms with van der Waals surface area (Å²) in [4.78, 5) is 47.1. The van der Waals surface area contributed by atoms with Gasteiger partial charge in [0.1, 0.15) is 11.4 Å². The Morgan fingerprint density at radius 1 is 1.04 bits per heavy atom. The number of aldehydes is 1. The number of hydrogen-bond acceptors (Lipinski definition) is 9. The van der Waals surface area contributed by atoms with Gasteiger partial charge in [0.2, 0.25) is 5.91 Å². The quantitative estimate of drug-likeness (QED) is 0.151. The predicted octanol–water partition coefficient (Wildman–Crippen LogP) is 7.71. The molecule has 2 amide bonds. The first kappa shape index (κ1) is 35.4. The molecular weight excluding hydrogens is 669 g/mol. The number of anilines is 2. The zero-order valence-electron chi connectivity index (χ0n) is 27.8. The van der Waals surface area contributed by atoms with E-state index in [1.807, 2.05) is 51.1 Å². The molecule has 0 bridgehead atoms. The first-order valence-electron chi connectivity index (χ1n) is 15.6. The van der Waals surface area contributed by atoms with Crippen molar-refractivity contribution in [2.45, 2.75) is 51.8 Å². The van der Waals surface area contributed by atoms with E-state index in [2.05, 4.69) is 20.6 Å². The third-order valence-corrected chi connectivity index (χ3v) is 8.59. The van der Waals surface area contributed by atoms with Crippen molar-refractivity contribution in [3.63, 3.8) is 0 Å². The van der Waals surface area contributed by atoms with Crippen LogP contribution in [0.25, 0.3) is 22.4 Å². The van der Waals surface area contributed by atoms with E-state index >= 15 is 0 Å². The Balaban J connectivity index is 1.45. The molecule has 256 valence electrons. The number of hydrogen-bond donors (Lipinski definition) is 2. The second-order valence-corrected chi connectivity index (χ2v) is 13.2. The van der Waals surface area contributed by atoms with Crippen molar-refractivity contribution in [2.24, 2.45) is 0 Å². The fourth-order valence-electron chi connectivity index (χ4n) is 5.52. The maximum absolute atomic E-state index is 13.2. The number of ether oxygens (including phenoxy) is 3. The van der Waals surface area contributed by atoms with Crippen LogP contribution in [0.4, 0.5) is 16.3 Å². The highest BCUT2D eigenvalue weighted by atomic mass is 35.5. The highest BCUT2D eigenvalue weighted by Gasteiger charge is 2.29. The maximum atomic E-state index is 13.2. The standard InChI is InChI=1S/C36H37Cl2N5O6/c1-36(2,3)49-35(46)43(19-24-11-12-29(45)41-24)18-22-10-9-21(17-28(22)47-4)32-31(38)26(14-16-39-32)25-7-6-8-27(30(25)37)42-34-33(48-5)23(20-44)13-15-40-34/h6-10,13-17,20,24H,11-12,18-19H2,1-5H3,(H,40,42)(H,41,45)/t24-/m0/s1. The SMILES string of the molecule is COc1cc(-c2nccc(-c3cccc(Nc4nccc(C=O)c4OC)c3Cl)c2Cl)ccc1CN(C[C@@H]1CCC(=O)N1)C(=O)OC(C)(C)C. The molecule has 1 fully saturated rings. The van der Waals surface area contributed by atoms with Gasteiger partial charge in [-0.25, -0.2) is 9.78 Å². The summed E-state index contributed by atoms with van der Waals surface area (Å²) in [5, 5.41) is 6.82. The lowest BCUT2D eigenvalue weighted by Gasteiger charge is -2.29. The molecule has 13 heteroatoms. The normalized spacial score (nSPS) is 14.2. The lowest BCUT2D eigenvalue weighted by molar-refractivity contribution is -0.119. The first-order valence-corrected chi connectivity index (χ1v) is 16.3. The average molecular weight is 707 g/mol. The molecular formula is C36H37Cl2N5O6. The Morgan fingerprint density at radius 3 is 2.47 bits per heavy atom. The predicted molar refractivity (Wildman–Crippen MR) is 189 cm³/mol. The number of carbonyl (C=O) groups is 3. The van der Waals surface area contributed by atoms with Crippen LogP contribution in [0.15, 0.2) is 60.9 Å². The van der Waals surface area contributed by atoms with E-state index in [0.29, 0.717) is 86.7 Å². The molecule has 0 radical (unpaired) electrons. The smallest absolute Gasteiger partial charge is 0.410 e. The van der Waals surface area contributed by atoms with Gasteiger partial charge in [-0.3, -0.25) is 14.6 Å². The number of aromatic nitrogens is 2. The Morgan fingerprint density at radius 2 is 1.80 bits per heavy atom. The van der Waals surface area contributed by atoms with Crippen LogP contribution in [0.5, 0.6) is 11.5 Å². The fraction of sp³-hybridized carbons (Fsp3) is 0.306. The van der Waals surface area contributed by atoms with E-state index < -0.39 is 11.7 Å². The van der Waals surface area contributed by atoms with E-state index in [-0.39, 0.29) is 18.5 Å². The highest BCUT2D eigenvalue weighted by molar-refractivity contribution is 6.39. The van der Waals surface area contributed by atoms with Crippen molar-refractivity contribution in [1.82, 2.24) is 20.2 Å². The Bertz CT molecular complexity index is 1880. The zero-order valence-corrected chi connectivity index (χ0v) is 29.3. The van der Waals surface area contributed by atoms with Crippen LogP contribution in [-0.4, -0.2) is 65.6 Å². The minimum atomic E-state index is -0.695. The van der Waals surface area contributed by atoms with Crippen LogP contribution >= 0.6 is 23.2 Å². The second-order valence-electron chi connectivity index (χ2n) is 12.4. The molecule has 1 aliphatic heterocycles. The van der Waals surface area contributed by atoms with E-state index in [0.717, 1.165) is 5.56 Å². The minimum Gasteiger partial charge on any atom is -0.496 e. The molecule has 11 nitrogen and oxygen atoms in total. The second kappa shape index (κ2) is 15.1. The number of halogens is 2. The summed E-state index contributed by atoms with van der Waals surface area (Å²) >= 11 is 13.9. The van der Waals surface area contributed by atoms with E-state index in [4.69, 9.17) is 37.4 Å². The molecule has 0 unspecified atom stereocenters. The number of pyridine rings is 2. The van der Waals surface area contributed by atoms with Crippen molar-refractivity contribution in [3.05, 3.63) is 82.1 Å². The van der Waals surface area contributed by atoms with Gasteiger partial charge in [0.15, 0.2) is 17.9 Å². The highest BCUT2D eigenvalue weighted by Crippen LogP contribution is 2.42. The molecule has 0 spiro atoms. The van der Waals surface area contributed by atoms with Gasteiger partial charge < -0.3 is 29.7 Å². The third kappa shape index (κ3) is 8.23. The van der Waals surface area contributed by atoms with E-state index in [1.54, 1.807) is 36.4 Å². The van der Waals surface area contributed by atoms with Crippen LogP contribution < -0.4 is 20.1 Å². The number of benzene rings is 2. The number of methoxy groups -OCH3 is 2. The van der Waals surface area contributed by atoms with Gasteiger partial charge >= 0.3 is 6.09 Å². The average Bonchev–Trinajstić information content (AvgIpc) is 3.49. The van der Waals surface area contributed by atoms with Crippen LogP contribution in [0.1, 0.15) is 49.5 Å².